The van der Waals surface area contributed by atoms with Crippen molar-refractivity contribution >= 4 is 26.0 Å². The first-order valence-electron chi connectivity index (χ1n) is 4.60. The maximum absolute atomic E-state index is 5.44. The molecular formula is C12H15OP. The van der Waals surface area contributed by atoms with Crippen LogP contribution in [0.4, 0.5) is 0 Å². The van der Waals surface area contributed by atoms with E-state index in [-0.39, 0.29) is 0 Å². The average Bonchev–Trinajstić information content (AvgIpc) is 2.52. The number of hydrogen-bond donors (Lipinski definition) is 0. The van der Waals surface area contributed by atoms with Gasteiger partial charge in [0.1, 0.15) is 5.42 Å². The van der Waals surface area contributed by atoms with Crippen molar-refractivity contribution in [3.8, 4) is 0 Å². The molecule has 1 nitrogen and oxygen atoms in total. The van der Waals surface area contributed by atoms with Crippen molar-refractivity contribution in [1.29, 1.82) is 0 Å². The van der Waals surface area contributed by atoms with E-state index >= 15 is 0 Å². The lowest BCUT2D eigenvalue weighted by molar-refractivity contribution is 0.532. The van der Waals surface area contributed by atoms with Gasteiger partial charge in [0.15, 0.2) is 0 Å². The summed E-state index contributed by atoms with van der Waals surface area (Å²) in [4.78, 5) is 0. The SMILES string of the molecule is C=C/C=c1/occ(PCC)/c1=C/C=C. The van der Waals surface area contributed by atoms with E-state index in [9.17, 15) is 0 Å². The highest BCUT2D eigenvalue weighted by Crippen LogP contribution is 2.03. The molecule has 0 radical (unpaired) electrons. The van der Waals surface area contributed by atoms with Crippen LogP contribution in [-0.4, -0.2) is 6.16 Å². The van der Waals surface area contributed by atoms with Crippen LogP contribution in [0, 0.1) is 0 Å². The quantitative estimate of drug-likeness (QED) is 0.681. The molecule has 0 aliphatic heterocycles. The molecule has 0 aliphatic rings. The van der Waals surface area contributed by atoms with E-state index < -0.39 is 0 Å². The van der Waals surface area contributed by atoms with Gasteiger partial charge in [-0.25, -0.2) is 0 Å². The van der Waals surface area contributed by atoms with Gasteiger partial charge in [-0.15, -0.1) is 0 Å². The molecule has 1 rings (SSSR count). The minimum atomic E-state index is 0.794. The maximum Gasteiger partial charge on any atom is 0.134 e. The van der Waals surface area contributed by atoms with Crippen LogP contribution in [-0.2, 0) is 0 Å². The fraction of sp³-hybridized carbons (Fsp3) is 0.167. The standard InChI is InChI=1S/C12H15OP/c1-4-7-10-11(8-5-2)13-9-12(10)14-6-3/h4-5,7-9,14H,1-2,6H2,3H3/b10-7+,11-8+. The highest BCUT2D eigenvalue weighted by atomic mass is 31.1. The lowest BCUT2D eigenvalue weighted by Gasteiger charge is -1.89. The van der Waals surface area contributed by atoms with Gasteiger partial charge in [0.05, 0.1) is 6.26 Å². The molecule has 0 spiro atoms. The van der Waals surface area contributed by atoms with Crippen LogP contribution in [0.5, 0.6) is 0 Å². The molecule has 2 heteroatoms. The van der Waals surface area contributed by atoms with Gasteiger partial charge in [0, 0.05) is 10.5 Å². The second-order valence-electron chi connectivity index (χ2n) is 2.76. The molecule has 0 saturated carbocycles. The smallest absolute Gasteiger partial charge is 0.134 e. The summed E-state index contributed by atoms with van der Waals surface area (Å²) in [5.74, 6) is 0. The molecule has 1 aromatic rings. The molecular weight excluding hydrogens is 191 g/mol. The van der Waals surface area contributed by atoms with Crippen molar-refractivity contribution in [3.63, 3.8) is 0 Å². The Hall–Kier alpha value is -1.07. The van der Waals surface area contributed by atoms with Crippen molar-refractivity contribution in [3.05, 3.63) is 42.2 Å². The number of hydrogen-bond acceptors (Lipinski definition) is 1. The predicted octanol–water partition coefficient (Wildman–Crippen LogP) is 1.54. The Kier molecular flexibility index (Phi) is 4.42. The third-order valence-electron chi connectivity index (χ3n) is 1.78. The zero-order valence-corrected chi connectivity index (χ0v) is 9.42. The van der Waals surface area contributed by atoms with Crippen molar-refractivity contribution < 1.29 is 4.42 Å². The largest absolute Gasteiger partial charge is 0.464 e. The van der Waals surface area contributed by atoms with E-state index in [1.54, 1.807) is 12.2 Å². The summed E-state index contributed by atoms with van der Waals surface area (Å²) < 4.78 is 5.44. The Labute approximate surface area is 86.3 Å². The van der Waals surface area contributed by atoms with Crippen LogP contribution in [0.15, 0.2) is 36.0 Å². The summed E-state index contributed by atoms with van der Waals surface area (Å²) >= 11 is 0. The van der Waals surface area contributed by atoms with Gasteiger partial charge < -0.3 is 4.42 Å². The van der Waals surface area contributed by atoms with E-state index in [0.717, 1.165) is 25.4 Å². The molecule has 0 aliphatic carbocycles. The first kappa shape index (κ1) is 11.0. The van der Waals surface area contributed by atoms with Gasteiger partial charge in [-0.1, -0.05) is 46.9 Å². The van der Waals surface area contributed by atoms with Crippen LogP contribution in [0.1, 0.15) is 6.92 Å². The van der Waals surface area contributed by atoms with Gasteiger partial charge in [0.25, 0.3) is 0 Å². The van der Waals surface area contributed by atoms with Crippen LogP contribution in [0.3, 0.4) is 0 Å². The summed E-state index contributed by atoms with van der Waals surface area (Å²) in [5, 5.41) is 2.40. The van der Waals surface area contributed by atoms with Crippen LogP contribution in [0.2, 0.25) is 0 Å². The van der Waals surface area contributed by atoms with Crippen LogP contribution >= 0.6 is 8.58 Å². The van der Waals surface area contributed by atoms with E-state index in [0.29, 0.717) is 0 Å². The van der Waals surface area contributed by atoms with E-state index in [4.69, 9.17) is 4.42 Å². The van der Waals surface area contributed by atoms with E-state index in [1.807, 2.05) is 18.4 Å². The summed E-state index contributed by atoms with van der Waals surface area (Å²) in [7, 11) is 0.794. The molecule has 1 heterocycles. The van der Waals surface area contributed by atoms with Crippen LogP contribution < -0.4 is 15.9 Å². The molecule has 0 fully saturated rings. The van der Waals surface area contributed by atoms with Crippen molar-refractivity contribution in [2.24, 2.45) is 0 Å². The fourth-order valence-electron chi connectivity index (χ4n) is 1.24. The molecule has 0 N–H and O–H groups in total. The van der Waals surface area contributed by atoms with Gasteiger partial charge in [0.2, 0.25) is 0 Å². The Balaban J connectivity index is 3.35. The van der Waals surface area contributed by atoms with Crippen molar-refractivity contribution in [1.82, 2.24) is 0 Å². The lowest BCUT2D eigenvalue weighted by atomic mass is 10.3. The Morgan fingerprint density at radius 1 is 1.36 bits per heavy atom. The van der Waals surface area contributed by atoms with Crippen molar-refractivity contribution in [2.45, 2.75) is 6.92 Å². The van der Waals surface area contributed by atoms with E-state index in [2.05, 4.69) is 20.1 Å². The summed E-state index contributed by atoms with van der Waals surface area (Å²) in [6.45, 7) is 9.53. The van der Waals surface area contributed by atoms with Crippen LogP contribution in [0.25, 0.3) is 12.2 Å². The Morgan fingerprint density at radius 2 is 2.07 bits per heavy atom. The monoisotopic (exact) mass is 206 g/mol. The Morgan fingerprint density at radius 3 is 2.64 bits per heavy atom. The molecule has 1 aromatic heterocycles. The number of allylic oxidation sites excluding steroid dienone is 2. The van der Waals surface area contributed by atoms with Gasteiger partial charge in [-0.2, -0.15) is 0 Å². The van der Waals surface area contributed by atoms with E-state index in [1.165, 1.54) is 5.30 Å². The first-order chi connectivity index (χ1) is 6.83. The molecule has 0 saturated heterocycles. The van der Waals surface area contributed by atoms with Gasteiger partial charge in [-0.3, -0.25) is 0 Å². The predicted molar refractivity (Wildman–Crippen MR) is 65.8 cm³/mol. The third-order valence-corrected chi connectivity index (χ3v) is 2.90. The normalized spacial score (nSPS) is 14.1. The van der Waals surface area contributed by atoms with Gasteiger partial charge in [-0.05, 0) is 12.2 Å². The lowest BCUT2D eigenvalue weighted by Crippen LogP contribution is -2.29. The zero-order chi connectivity index (χ0) is 10.4. The molecule has 0 amide bonds. The van der Waals surface area contributed by atoms with Crippen molar-refractivity contribution in [2.75, 3.05) is 6.16 Å². The molecule has 0 aromatic carbocycles. The maximum atomic E-state index is 5.44. The second-order valence-corrected chi connectivity index (χ2v) is 4.36. The highest BCUT2D eigenvalue weighted by molar-refractivity contribution is 7.47. The highest BCUT2D eigenvalue weighted by Gasteiger charge is 1.98. The zero-order valence-electron chi connectivity index (χ0n) is 8.42. The number of rotatable bonds is 4. The molecule has 0 bridgehead atoms. The second kappa shape index (κ2) is 5.62. The minimum Gasteiger partial charge on any atom is -0.464 e. The fourth-order valence-corrected chi connectivity index (χ4v) is 2.16. The summed E-state index contributed by atoms with van der Waals surface area (Å²) in [6, 6.07) is 0. The molecule has 1 unspecified atom stereocenters. The number of furan rings is 1. The molecule has 14 heavy (non-hydrogen) atoms. The van der Waals surface area contributed by atoms with Gasteiger partial charge >= 0.3 is 0 Å². The third kappa shape index (κ3) is 2.46. The minimum absolute atomic E-state index is 0.794. The average molecular weight is 206 g/mol. The first-order valence-corrected chi connectivity index (χ1v) is 5.81. The topological polar surface area (TPSA) is 13.1 Å². The summed E-state index contributed by atoms with van der Waals surface area (Å²) in [6.07, 6.45) is 10.3. The molecule has 74 valence electrons. The molecule has 1 atom stereocenters. The Bertz CT molecular complexity index is 426. The summed E-state index contributed by atoms with van der Waals surface area (Å²) in [5.41, 5.74) is 0.871.